The maximum absolute atomic E-state index is 12.9. The number of aliphatic imine (C=N–C) groups is 2. The van der Waals surface area contributed by atoms with E-state index in [9.17, 15) is 4.39 Å². The minimum Gasteiger partial charge on any atom is -0.378 e. The summed E-state index contributed by atoms with van der Waals surface area (Å²) in [5.41, 5.74) is 0. The smallest absolute Gasteiger partial charge is 0.287 e. The summed E-state index contributed by atoms with van der Waals surface area (Å²) in [4.78, 5) is 9.85. The van der Waals surface area contributed by atoms with E-state index >= 15 is 0 Å². The topological polar surface area (TPSA) is 49.2 Å². The molecule has 2 aliphatic heterocycles. The fraction of sp³-hybridized carbons (Fsp3) is 0.750. The summed E-state index contributed by atoms with van der Waals surface area (Å²) < 4.78 is 18.1. The first-order chi connectivity index (χ1) is 6.75. The highest BCUT2D eigenvalue weighted by molar-refractivity contribution is 5.93. The van der Waals surface area contributed by atoms with E-state index in [-0.39, 0.29) is 6.17 Å². The third-order valence-electron chi connectivity index (χ3n) is 2.13. The zero-order valence-electron chi connectivity index (χ0n) is 8.03. The predicted molar refractivity (Wildman–Crippen MR) is 51.0 cm³/mol. The Labute approximate surface area is 81.7 Å². The molecule has 0 aromatic carbocycles. The number of nitrogens with zero attached hydrogens (tertiary/aromatic N) is 3. The van der Waals surface area contributed by atoms with Crippen molar-refractivity contribution in [1.29, 1.82) is 0 Å². The molecule has 2 heterocycles. The second-order valence-electron chi connectivity index (χ2n) is 3.25. The lowest BCUT2D eigenvalue weighted by Crippen LogP contribution is -2.44. The van der Waals surface area contributed by atoms with Gasteiger partial charge in [-0.05, 0) is 6.92 Å². The lowest BCUT2D eigenvalue weighted by molar-refractivity contribution is 0.0672. The van der Waals surface area contributed by atoms with E-state index in [0.717, 1.165) is 13.1 Å². The van der Waals surface area contributed by atoms with Crippen LogP contribution in [0.1, 0.15) is 6.92 Å². The molecule has 0 aliphatic carbocycles. The Morgan fingerprint density at radius 3 is 2.86 bits per heavy atom. The van der Waals surface area contributed by atoms with Gasteiger partial charge in [0.2, 0.25) is 5.96 Å². The van der Waals surface area contributed by atoms with E-state index in [4.69, 9.17) is 4.74 Å². The van der Waals surface area contributed by atoms with E-state index in [1.54, 1.807) is 6.92 Å². The Bertz CT molecular complexity index is 273. The van der Waals surface area contributed by atoms with Gasteiger partial charge >= 0.3 is 0 Å². The number of nitrogens with one attached hydrogen (secondary N) is 1. The number of halogens is 1. The standard InChI is InChI=1S/C8H13FN4O/c1-6-10-7(9)12-8(11-6)13-2-4-14-5-3-13/h6H,2-5H2,1H3,(H,10,11,12). The van der Waals surface area contributed by atoms with Crippen LogP contribution in [-0.4, -0.2) is 49.4 Å². The average molecular weight is 200 g/mol. The number of guanidine groups is 1. The van der Waals surface area contributed by atoms with E-state index in [2.05, 4.69) is 15.3 Å². The molecule has 0 aromatic heterocycles. The summed E-state index contributed by atoms with van der Waals surface area (Å²) in [5.74, 6) is 0.469. The van der Waals surface area contributed by atoms with E-state index in [1.807, 2.05) is 4.90 Å². The van der Waals surface area contributed by atoms with Gasteiger partial charge in [0.1, 0.15) is 6.17 Å². The van der Waals surface area contributed by atoms with Crippen molar-refractivity contribution in [2.75, 3.05) is 26.3 Å². The van der Waals surface area contributed by atoms with Crippen LogP contribution >= 0.6 is 0 Å². The van der Waals surface area contributed by atoms with Crippen LogP contribution < -0.4 is 5.32 Å². The normalized spacial score (nSPS) is 27.9. The molecule has 1 N–H and O–H groups in total. The third kappa shape index (κ3) is 2.01. The van der Waals surface area contributed by atoms with Gasteiger partial charge in [0.05, 0.1) is 13.2 Å². The molecule has 2 rings (SSSR count). The second-order valence-corrected chi connectivity index (χ2v) is 3.25. The maximum atomic E-state index is 12.9. The van der Waals surface area contributed by atoms with E-state index in [0.29, 0.717) is 19.2 Å². The number of amidine groups is 1. The molecule has 0 spiro atoms. The quantitative estimate of drug-likeness (QED) is 0.558. The van der Waals surface area contributed by atoms with Crippen molar-refractivity contribution in [3.05, 3.63) is 0 Å². The summed E-state index contributed by atoms with van der Waals surface area (Å²) in [6.45, 7) is 4.54. The van der Waals surface area contributed by atoms with Crippen molar-refractivity contribution in [2.45, 2.75) is 13.1 Å². The number of ether oxygens (including phenoxy) is 1. The molecule has 1 atom stereocenters. The van der Waals surface area contributed by atoms with Crippen LogP contribution in [0.2, 0.25) is 0 Å². The van der Waals surface area contributed by atoms with Crippen LogP contribution in [-0.2, 0) is 4.74 Å². The van der Waals surface area contributed by atoms with Crippen molar-refractivity contribution in [3.8, 4) is 0 Å². The molecule has 0 saturated carbocycles. The number of rotatable bonds is 0. The first kappa shape index (κ1) is 9.39. The van der Waals surface area contributed by atoms with Crippen LogP contribution in [0, 0.1) is 0 Å². The molecule has 14 heavy (non-hydrogen) atoms. The SMILES string of the molecule is CC1N=C(N2CCOCC2)N=C(F)N1. The number of hydrogen-bond acceptors (Lipinski definition) is 5. The Kier molecular flexibility index (Phi) is 2.62. The number of morpholine rings is 1. The molecule has 1 unspecified atom stereocenters. The van der Waals surface area contributed by atoms with Crippen molar-refractivity contribution < 1.29 is 9.13 Å². The Morgan fingerprint density at radius 2 is 2.21 bits per heavy atom. The minimum atomic E-state index is -0.561. The summed E-state index contributed by atoms with van der Waals surface area (Å²) in [7, 11) is 0. The Morgan fingerprint density at radius 1 is 1.50 bits per heavy atom. The van der Waals surface area contributed by atoms with Gasteiger partial charge in [0, 0.05) is 13.1 Å². The molecular formula is C8H13FN4O. The first-order valence-electron chi connectivity index (χ1n) is 4.67. The van der Waals surface area contributed by atoms with Gasteiger partial charge in [-0.15, -0.1) is 0 Å². The van der Waals surface area contributed by atoms with Crippen molar-refractivity contribution in [3.63, 3.8) is 0 Å². The van der Waals surface area contributed by atoms with Gasteiger partial charge in [0.25, 0.3) is 6.09 Å². The van der Waals surface area contributed by atoms with Crippen LogP contribution in [0.3, 0.4) is 0 Å². The van der Waals surface area contributed by atoms with Gasteiger partial charge in [-0.25, -0.2) is 4.99 Å². The molecule has 1 fully saturated rings. The fourth-order valence-corrected chi connectivity index (χ4v) is 1.44. The molecule has 5 nitrogen and oxygen atoms in total. The zero-order chi connectivity index (χ0) is 9.97. The Balaban J connectivity index is 2.08. The van der Waals surface area contributed by atoms with Gasteiger partial charge in [-0.2, -0.15) is 9.38 Å². The minimum absolute atomic E-state index is 0.245. The molecule has 0 radical (unpaired) electrons. The van der Waals surface area contributed by atoms with Gasteiger partial charge in [-0.1, -0.05) is 0 Å². The first-order valence-corrected chi connectivity index (χ1v) is 4.67. The van der Waals surface area contributed by atoms with Crippen LogP contribution in [0.4, 0.5) is 4.39 Å². The van der Waals surface area contributed by atoms with Crippen LogP contribution in [0.5, 0.6) is 0 Å². The van der Waals surface area contributed by atoms with Crippen molar-refractivity contribution in [1.82, 2.24) is 10.2 Å². The molecule has 78 valence electrons. The molecule has 0 amide bonds. The molecule has 2 aliphatic rings. The lowest BCUT2D eigenvalue weighted by Gasteiger charge is -2.29. The third-order valence-corrected chi connectivity index (χ3v) is 2.13. The molecular weight excluding hydrogens is 187 g/mol. The molecule has 6 heteroatoms. The van der Waals surface area contributed by atoms with Gasteiger partial charge < -0.3 is 15.0 Å². The number of hydrogen-bond donors (Lipinski definition) is 1. The highest BCUT2D eigenvalue weighted by Crippen LogP contribution is 2.05. The summed E-state index contributed by atoms with van der Waals surface area (Å²) in [6.07, 6.45) is -0.806. The zero-order valence-corrected chi connectivity index (χ0v) is 8.03. The largest absolute Gasteiger partial charge is 0.378 e. The van der Waals surface area contributed by atoms with Crippen molar-refractivity contribution >= 4 is 12.0 Å². The highest BCUT2D eigenvalue weighted by Gasteiger charge is 2.19. The highest BCUT2D eigenvalue weighted by atomic mass is 19.1. The molecule has 0 aromatic rings. The summed E-state index contributed by atoms with van der Waals surface area (Å²) in [5, 5.41) is 2.49. The second kappa shape index (κ2) is 3.91. The molecule has 0 bridgehead atoms. The monoisotopic (exact) mass is 200 g/mol. The fourth-order valence-electron chi connectivity index (χ4n) is 1.44. The lowest BCUT2D eigenvalue weighted by atomic mass is 10.4. The average Bonchev–Trinajstić information content (AvgIpc) is 2.18. The summed E-state index contributed by atoms with van der Waals surface area (Å²) >= 11 is 0. The van der Waals surface area contributed by atoms with Crippen molar-refractivity contribution in [2.24, 2.45) is 9.98 Å². The van der Waals surface area contributed by atoms with Gasteiger partial charge in [-0.3, -0.25) is 0 Å². The van der Waals surface area contributed by atoms with Gasteiger partial charge in [0.15, 0.2) is 0 Å². The Hall–Kier alpha value is -1.17. The molecule has 1 saturated heterocycles. The van der Waals surface area contributed by atoms with Crippen LogP contribution in [0.15, 0.2) is 9.98 Å². The van der Waals surface area contributed by atoms with E-state index in [1.165, 1.54) is 0 Å². The summed E-state index contributed by atoms with van der Waals surface area (Å²) in [6, 6.07) is 0. The maximum Gasteiger partial charge on any atom is 0.287 e. The van der Waals surface area contributed by atoms with Crippen LogP contribution in [0.25, 0.3) is 0 Å². The predicted octanol–water partition coefficient (Wildman–Crippen LogP) is -0.0507. The van der Waals surface area contributed by atoms with E-state index < -0.39 is 6.09 Å².